The van der Waals surface area contributed by atoms with Gasteiger partial charge in [-0.05, 0) is 27.7 Å². The molecule has 0 amide bonds. The fourth-order valence-electron chi connectivity index (χ4n) is 2.95. The van der Waals surface area contributed by atoms with E-state index in [0.717, 1.165) is 18.8 Å². The average Bonchev–Trinajstić information content (AvgIpc) is 2.86. The van der Waals surface area contributed by atoms with Gasteiger partial charge in [-0.15, -0.1) is 0 Å². The highest BCUT2D eigenvalue weighted by Gasteiger charge is 2.47. The largest absolute Gasteiger partial charge is 0.383 e. The van der Waals surface area contributed by atoms with E-state index in [1.807, 2.05) is 4.68 Å². The third-order valence-electron chi connectivity index (χ3n) is 3.74. The Morgan fingerprint density at radius 2 is 2.20 bits per heavy atom. The van der Waals surface area contributed by atoms with E-state index in [4.69, 9.17) is 9.47 Å². The zero-order valence-electron chi connectivity index (χ0n) is 13.1. The molecule has 2 heterocycles. The van der Waals surface area contributed by atoms with Gasteiger partial charge in [-0.25, -0.2) is 9.67 Å². The first-order valence-electron chi connectivity index (χ1n) is 7.14. The zero-order valence-corrected chi connectivity index (χ0v) is 13.1. The Kier molecular flexibility index (Phi) is 4.46. The van der Waals surface area contributed by atoms with E-state index < -0.39 is 0 Å². The number of aromatic nitrogens is 3. The Labute approximate surface area is 120 Å². The lowest BCUT2D eigenvalue weighted by Crippen LogP contribution is -2.33. The smallest absolute Gasteiger partial charge is 0.141 e. The molecule has 6 nitrogen and oxygen atoms in total. The van der Waals surface area contributed by atoms with Crippen molar-refractivity contribution in [2.45, 2.75) is 57.9 Å². The van der Waals surface area contributed by atoms with Crippen molar-refractivity contribution in [3.63, 3.8) is 0 Å². The van der Waals surface area contributed by atoms with Crippen LogP contribution < -0.4 is 5.32 Å². The number of nitrogens with zero attached hydrogens (tertiary/aromatic N) is 3. The van der Waals surface area contributed by atoms with E-state index in [0.29, 0.717) is 13.2 Å². The van der Waals surface area contributed by atoms with E-state index in [-0.39, 0.29) is 17.2 Å². The molecule has 1 fully saturated rings. The van der Waals surface area contributed by atoms with Crippen molar-refractivity contribution in [2.75, 3.05) is 20.3 Å². The van der Waals surface area contributed by atoms with Crippen LogP contribution >= 0.6 is 0 Å². The lowest BCUT2D eigenvalue weighted by Gasteiger charge is -2.27. The van der Waals surface area contributed by atoms with E-state index in [2.05, 4.69) is 43.1 Å². The third kappa shape index (κ3) is 3.37. The van der Waals surface area contributed by atoms with Gasteiger partial charge in [-0.1, -0.05) is 0 Å². The predicted octanol–water partition coefficient (Wildman–Crippen LogP) is 1.53. The molecule has 1 aromatic rings. The van der Waals surface area contributed by atoms with Gasteiger partial charge in [0.15, 0.2) is 0 Å². The van der Waals surface area contributed by atoms with Crippen molar-refractivity contribution >= 4 is 0 Å². The van der Waals surface area contributed by atoms with Gasteiger partial charge in [-0.2, -0.15) is 5.10 Å². The number of rotatable bonds is 6. The molecular formula is C14H26N4O2. The number of hydrogen-bond donors (Lipinski definition) is 1. The topological polar surface area (TPSA) is 61.2 Å². The van der Waals surface area contributed by atoms with Gasteiger partial charge in [0.25, 0.3) is 0 Å². The number of methoxy groups -OCH3 is 1. The quantitative estimate of drug-likeness (QED) is 0.802. The van der Waals surface area contributed by atoms with Gasteiger partial charge in [0.2, 0.25) is 0 Å². The van der Waals surface area contributed by atoms with Crippen LogP contribution in [0.1, 0.15) is 46.0 Å². The first kappa shape index (κ1) is 15.4. The van der Waals surface area contributed by atoms with E-state index in [1.54, 1.807) is 13.4 Å². The monoisotopic (exact) mass is 282 g/mol. The predicted molar refractivity (Wildman–Crippen MR) is 76.5 cm³/mol. The molecule has 20 heavy (non-hydrogen) atoms. The molecule has 1 unspecified atom stereocenters. The van der Waals surface area contributed by atoms with Crippen LogP contribution in [-0.4, -0.2) is 46.2 Å². The van der Waals surface area contributed by atoms with Crippen LogP contribution in [0.25, 0.3) is 0 Å². The summed E-state index contributed by atoms with van der Waals surface area (Å²) in [7, 11) is 1.70. The molecule has 0 spiro atoms. The van der Waals surface area contributed by atoms with Crippen molar-refractivity contribution < 1.29 is 9.47 Å². The summed E-state index contributed by atoms with van der Waals surface area (Å²) in [6.07, 6.45) is 2.56. The fraction of sp³-hybridized carbons (Fsp3) is 0.857. The van der Waals surface area contributed by atoms with Gasteiger partial charge in [0.1, 0.15) is 12.2 Å². The molecule has 0 radical (unpaired) electrons. The van der Waals surface area contributed by atoms with Crippen LogP contribution in [0, 0.1) is 0 Å². The third-order valence-corrected chi connectivity index (χ3v) is 3.74. The highest BCUT2D eigenvalue weighted by atomic mass is 16.5. The lowest BCUT2D eigenvalue weighted by atomic mass is 9.94. The molecule has 1 aromatic heterocycles. The molecule has 2 rings (SSSR count). The maximum absolute atomic E-state index is 6.14. The van der Waals surface area contributed by atoms with Crippen LogP contribution in [0.5, 0.6) is 0 Å². The summed E-state index contributed by atoms with van der Waals surface area (Å²) >= 11 is 0. The summed E-state index contributed by atoms with van der Waals surface area (Å²) in [5.74, 6) is 0.945. The molecule has 1 N–H and O–H groups in total. The van der Waals surface area contributed by atoms with Gasteiger partial charge in [0.05, 0.1) is 30.4 Å². The normalized spacial score (nSPS) is 24.1. The summed E-state index contributed by atoms with van der Waals surface area (Å²) in [6, 6.07) is 0.208. The molecule has 1 saturated heterocycles. The standard InChI is InChI=1S/C14H26N4O2/c1-13(2)8-11(14(3,4)20-13)18-12(16-10-17-18)9-15-6-7-19-5/h10-11,15H,6-9H2,1-5H3. The molecule has 1 aliphatic rings. The van der Waals surface area contributed by atoms with Crippen molar-refractivity contribution in [2.24, 2.45) is 0 Å². The maximum Gasteiger partial charge on any atom is 0.141 e. The summed E-state index contributed by atoms with van der Waals surface area (Å²) in [4.78, 5) is 4.36. The minimum Gasteiger partial charge on any atom is -0.383 e. The van der Waals surface area contributed by atoms with Gasteiger partial charge in [-0.3, -0.25) is 0 Å². The van der Waals surface area contributed by atoms with Crippen LogP contribution in [0.15, 0.2) is 6.33 Å². The molecule has 114 valence electrons. The molecule has 1 atom stereocenters. The minimum absolute atomic E-state index is 0.124. The molecule has 0 saturated carbocycles. The summed E-state index contributed by atoms with van der Waals surface area (Å²) in [5.41, 5.74) is -0.362. The van der Waals surface area contributed by atoms with Crippen molar-refractivity contribution in [1.82, 2.24) is 20.1 Å². The SMILES string of the molecule is COCCNCc1ncnn1C1CC(C)(C)OC1(C)C. The van der Waals surface area contributed by atoms with Gasteiger partial charge in [0, 0.05) is 20.1 Å². The van der Waals surface area contributed by atoms with Crippen LogP contribution in [-0.2, 0) is 16.0 Å². The summed E-state index contributed by atoms with van der Waals surface area (Å²) in [6.45, 7) is 10.7. The fourth-order valence-corrected chi connectivity index (χ4v) is 2.95. The van der Waals surface area contributed by atoms with Crippen molar-refractivity contribution in [1.29, 1.82) is 0 Å². The van der Waals surface area contributed by atoms with Crippen LogP contribution in [0.4, 0.5) is 0 Å². The van der Waals surface area contributed by atoms with Crippen LogP contribution in [0.2, 0.25) is 0 Å². The highest BCUT2D eigenvalue weighted by molar-refractivity contribution is 5.01. The maximum atomic E-state index is 6.14. The van der Waals surface area contributed by atoms with Crippen LogP contribution in [0.3, 0.4) is 0 Å². The average molecular weight is 282 g/mol. The van der Waals surface area contributed by atoms with E-state index >= 15 is 0 Å². The Morgan fingerprint density at radius 1 is 1.45 bits per heavy atom. The van der Waals surface area contributed by atoms with Gasteiger partial charge >= 0.3 is 0 Å². The summed E-state index contributed by atoms with van der Waals surface area (Å²) in [5, 5.41) is 7.72. The molecule has 0 aliphatic carbocycles. The molecule has 0 aromatic carbocycles. The first-order valence-corrected chi connectivity index (χ1v) is 7.14. The van der Waals surface area contributed by atoms with Crippen molar-refractivity contribution in [3.05, 3.63) is 12.2 Å². The Bertz CT molecular complexity index is 442. The second kappa shape index (κ2) is 5.79. The van der Waals surface area contributed by atoms with E-state index in [1.165, 1.54) is 0 Å². The molecular weight excluding hydrogens is 256 g/mol. The summed E-state index contributed by atoms with van der Waals surface area (Å²) < 4.78 is 13.2. The number of hydrogen-bond acceptors (Lipinski definition) is 5. The minimum atomic E-state index is -0.238. The Morgan fingerprint density at radius 3 is 2.80 bits per heavy atom. The van der Waals surface area contributed by atoms with Crippen molar-refractivity contribution in [3.8, 4) is 0 Å². The molecule has 1 aliphatic heterocycles. The Hall–Kier alpha value is -0.980. The van der Waals surface area contributed by atoms with E-state index in [9.17, 15) is 0 Å². The number of nitrogens with one attached hydrogen (secondary N) is 1. The number of ether oxygens (including phenoxy) is 2. The van der Waals surface area contributed by atoms with Gasteiger partial charge < -0.3 is 14.8 Å². The zero-order chi connectivity index (χ0) is 14.8. The second-order valence-electron chi connectivity index (χ2n) is 6.48. The molecule has 0 bridgehead atoms. The Balaban J connectivity index is 2.08. The lowest BCUT2D eigenvalue weighted by molar-refractivity contribution is -0.0740. The molecule has 6 heteroatoms. The first-order chi connectivity index (χ1) is 9.36. The highest BCUT2D eigenvalue weighted by Crippen LogP contribution is 2.44. The second-order valence-corrected chi connectivity index (χ2v) is 6.48.